The molecular weight excluding hydrogens is 1480 g/mol. The van der Waals surface area contributed by atoms with E-state index >= 15 is 0 Å². The molecule has 122 heavy (non-hydrogen) atoms. The molecule has 0 bridgehead atoms. The molecule has 17 aromatic carbocycles. The van der Waals surface area contributed by atoms with Crippen LogP contribution in [0.1, 0.15) is 0 Å². The van der Waals surface area contributed by atoms with E-state index in [4.69, 9.17) is 15.0 Å². The second kappa shape index (κ2) is 28.7. The third-order valence-electron chi connectivity index (χ3n) is 24.6. The Kier molecular flexibility index (Phi) is 16.4. The lowest BCUT2D eigenvalue weighted by Crippen LogP contribution is -1.95. The van der Waals surface area contributed by atoms with E-state index in [1.54, 1.807) is 0 Å². The molecule has 0 unspecified atom stereocenters. The first kappa shape index (κ1) is 69.8. The Balaban J connectivity index is 0.000000104. The highest BCUT2D eigenvalue weighted by Gasteiger charge is 2.23. The summed E-state index contributed by atoms with van der Waals surface area (Å²) in [7, 11) is 0. The van der Waals surface area contributed by atoms with Crippen molar-refractivity contribution in [2.75, 3.05) is 0 Å². The lowest BCUT2D eigenvalue weighted by atomic mass is 10.0. The van der Waals surface area contributed by atoms with Crippen molar-refractivity contribution >= 4 is 153 Å². The fraction of sp³-hybridized carbons (Fsp3) is 0. The predicted molar refractivity (Wildman–Crippen MR) is 510 cm³/mol. The number of para-hydroxylation sites is 7. The molecule has 0 aliphatic carbocycles. The van der Waals surface area contributed by atoms with Crippen molar-refractivity contribution < 1.29 is 0 Å². The van der Waals surface area contributed by atoms with E-state index in [2.05, 4.69) is 428 Å². The van der Waals surface area contributed by atoms with Crippen molar-refractivity contribution in [2.45, 2.75) is 0 Å². The van der Waals surface area contributed by atoms with Gasteiger partial charge in [0.15, 0.2) is 0 Å². The van der Waals surface area contributed by atoms with Crippen LogP contribution in [0.4, 0.5) is 0 Å². The molecule has 9 heterocycles. The van der Waals surface area contributed by atoms with Gasteiger partial charge in [0.1, 0.15) is 11.3 Å². The molecule has 0 saturated carbocycles. The van der Waals surface area contributed by atoms with E-state index < -0.39 is 0 Å². The van der Waals surface area contributed by atoms with Gasteiger partial charge in [-0.25, -0.2) is 9.97 Å². The average Bonchev–Trinajstić information content (AvgIpc) is 1.59. The molecule has 0 fully saturated rings. The highest BCUT2D eigenvalue weighted by molar-refractivity contribution is 6.16. The normalized spacial score (nSPS) is 11.8. The summed E-state index contributed by atoms with van der Waals surface area (Å²) in [4.78, 5) is 14.3. The molecule has 0 amide bonds. The summed E-state index contributed by atoms with van der Waals surface area (Å²) in [5.74, 6) is 0. The third kappa shape index (κ3) is 11.5. The highest BCUT2D eigenvalue weighted by atomic mass is 15.1. The van der Waals surface area contributed by atoms with E-state index in [0.29, 0.717) is 0 Å². The number of hydrogen-bond donors (Lipinski definition) is 0. The van der Waals surface area contributed by atoms with Crippen molar-refractivity contribution in [3.8, 4) is 67.5 Å². The van der Waals surface area contributed by atoms with Crippen molar-refractivity contribution in [1.29, 1.82) is 0 Å². The second-order valence-electron chi connectivity index (χ2n) is 31.5. The third-order valence-corrected chi connectivity index (χ3v) is 24.6. The van der Waals surface area contributed by atoms with Gasteiger partial charge in [0.2, 0.25) is 0 Å². The van der Waals surface area contributed by atoms with Gasteiger partial charge in [0, 0.05) is 112 Å². The molecular formula is C113H73N9. The SMILES string of the molecule is c1ccc(-n2c3cc(-c4ccc5c6ccccc6n(-c6ccc7ccccc7c6)c5c4)ccc3c3cccnc32)cc1.c1ccc(-n2c3cc(-c4ccc5c6ccccc6n(-c6ccc7ccccc7c6)c5c4)ccc3c3ncccc32)cc1.c1ccc(-n2c3ccccc3c3ccc(-c4ccc5c(c4)c4cccnc4n5-c4ccccc4)cc32)cc1. The number of aromatic nitrogens is 9. The minimum absolute atomic E-state index is 0.975. The molecule has 0 spiro atoms. The molecule has 0 N–H and O–H groups in total. The molecule has 9 nitrogen and oxygen atoms in total. The summed E-state index contributed by atoms with van der Waals surface area (Å²) in [6.45, 7) is 0. The fourth-order valence-electron chi connectivity index (χ4n) is 19.1. The molecule has 26 aromatic rings. The molecule has 0 radical (unpaired) electrons. The van der Waals surface area contributed by atoms with Crippen LogP contribution in [0, 0.1) is 0 Å². The number of nitrogens with zero attached hydrogens (tertiary/aromatic N) is 9. The first-order chi connectivity index (χ1) is 60.5. The van der Waals surface area contributed by atoms with Gasteiger partial charge in [-0.2, -0.15) is 0 Å². The molecule has 0 atom stereocenters. The summed E-state index contributed by atoms with van der Waals surface area (Å²) in [5, 5.41) is 18.4. The molecule has 0 saturated heterocycles. The van der Waals surface area contributed by atoms with Crippen molar-refractivity contribution in [3.63, 3.8) is 0 Å². The highest BCUT2D eigenvalue weighted by Crippen LogP contribution is 2.44. The van der Waals surface area contributed by atoms with Crippen molar-refractivity contribution in [1.82, 2.24) is 42.4 Å². The zero-order valence-electron chi connectivity index (χ0n) is 66.2. The largest absolute Gasteiger partial charge is 0.309 e. The van der Waals surface area contributed by atoms with Crippen LogP contribution < -0.4 is 0 Å². The number of hydrogen-bond acceptors (Lipinski definition) is 3. The maximum absolute atomic E-state index is 4.79. The Labute approximate surface area is 701 Å². The van der Waals surface area contributed by atoms with E-state index in [1.807, 2.05) is 42.9 Å². The van der Waals surface area contributed by atoms with Gasteiger partial charge in [0.25, 0.3) is 0 Å². The van der Waals surface area contributed by atoms with Crippen molar-refractivity contribution in [3.05, 3.63) is 443 Å². The first-order valence-corrected chi connectivity index (χ1v) is 41.5. The second-order valence-corrected chi connectivity index (χ2v) is 31.5. The summed E-state index contributed by atoms with van der Waals surface area (Å²) in [5.41, 5.74) is 28.8. The molecule has 570 valence electrons. The topological polar surface area (TPSA) is 68.2 Å². The van der Waals surface area contributed by atoms with Crippen LogP contribution in [-0.4, -0.2) is 42.4 Å². The average molecular weight is 1560 g/mol. The number of fused-ring (bicyclic) bond motifs is 20. The van der Waals surface area contributed by atoms with Gasteiger partial charge in [-0.3, -0.25) is 14.1 Å². The van der Waals surface area contributed by atoms with Gasteiger partial charge >= 0.3 is 0 Å². The minimum atomic E-state index is 0.975. The van der Waals surface area contributed by atoms with Crippen molar-refractivity contribution in [2.24, 2.45) is 0 Å². The Morgan fingerprint density at radius 1 is 0.139 bits per heavy atom. The molecule has 0 aliphatic rings. The zero-order valence-corrected chi connectivity index (χ0v) is 66.2. The van der Waals surface area contributed by atoms with Gasteiger partial charge in [-0.15, -0.1) is 0 Å². The summed E-state index contributed by atoms with van der Waals surface area (Å²) >= 11 is 0. The van der Waals surface area contributed by atoms with E-state index in [-0.39, 0.29) is 0 Å². The molecule has 0 aliphatic heterocycles. The lowest BCUT2D eigenvalue weighted by Gasteiger charge is -2.11. The monoisotopic (exact) mass is 1560 g/mol. The summed E-state index contributed by atoms with van der Waals surface area (Å²) in [6.07, 6.45) is 5.63. The van der Waals surface area contributed by atoms with Gasteiger partial charge in [-0.1, -0.05) is 249 Å². The summed E-state index contributed by atoms with van der Waals surface area (Å²) in [6, 6.07) is 152. The predicted octanol–water partition coefficient (Wildman–Crippen LogP) is 29.1. The molecule has 9 aromatic heterocycles. The number of benzene rings is 17. The Morgan fingerprint density at radius 2 is 0.418 bits per heavy atom. The van der Waals surface area contributed by atoms with Crippen LogP contribution >= 0.6 is 0 Å². The molecule has 26 rings (SSSR count). The number of rotatable bonds is 9. The number of pyridine rings is 3. The Hall–Kier alpha value is -16.5. The quantitative estimate of drug-likeness (QED) is 0.145. The lowest BCUT2D eigenvalue weighted by molar-refractivity contribution is 1.14. The van der Waals surface area contributed by atoms with Gasteiger partial charge in [-0.05, 0) is 231 Å². The van der Waals surface area contributed by atoms with E-state index in [0.717, 1.165) is 72.1 Å². The van der Waals surface area contributed by atoms with Crippen LogP contribution in [0.3, 0.4) is 0 Å². The standard InChI is InChI=1S/2C39H25N3.C35H23N3/c1-2-11-30(12-3-1)42-38-25-29(18-21-34(38)35-14-8-22-40-39(35)42)28-17-20-33-32-13-6-7-15-36(32)41(37(33)24-28)31-19-16-26-9-4-5-10-27(26)23-31;1-2-11-30(12-3-1)41-36-15-8-22-40-39(36)34-21-18-29(25-38(34)41)28-17-20-33-32-13-6-7-14-35(32)42(37(33)24-28)31-19-16-26-9-4-5-10-27(26)23-31;1-3-10-26(11-4-1)37-32-16-8-7-14-28(32)29-19-17-25(23-34(29)37)24-18-20-33-31(22-24)30-15-9-21-36-35(30)38(33)27-12-5-2-6-13-27/h2*1-25H;1-23H. The maximum Gasteiger partial charge on any atom is 0.145 e. The first-order valence-electron chi connectivity index (χ1n) is 41.5. The van der Waals surface area contributed by atoms with Gasteiger partial charge < -0.3 is 18.3 Å². The maximum atomic E-state index is 4.79. The summed E-state index contributed by atoms with van der Waals surface area (Å²) < 4.78 is 14.0. The zero-order chi connectivity index (χ0) is 80.3. The van der Waals surface area contributed by atoms with Gasteiger partial charge in [0.05, 0.1) is 60.7 Å². The van der Waals surface area contributed by atoms with Crippen LogP contribution in [0.15, 0.2) is 443 Å². The van der Waals surface area contributed by atoms with E-state index in [9.17, 15) is 0 Å². The smallest absolute Gasteiger partial charge is 0.145 e. The van der Waals surface area contributed by atoms with E-state index in [1.165, 1.54) is 148 Å². The Bertz CT molecular complexity index is 8290. The fourth-order valence-corrected chi connectivity index (χ4v) is 19.1. The molecule has 9 heteroatoms. The Morgan fingerprint density at radius 3 is 0.869 bits per heavy atom. The van der Waals surface area contributed by atoms with Crippen LogP contribution in [0.25, 0.3) is 220 Å². The van der Waals surface area contributed by atoms with Crippen LogP contribution in [0.2, 0.25) is 0 Å². The van der Waals surface area contributed by atoms with Crippen LogP contribution in [-0.2, 0) is 0 Å². The van der Waals surface area contributed by atoms with Crippen LogP contribution in [0.5, 0.6) is 0 Å². The minimum Gasteiger partial charge on any atom is -0.309 e.